The first-order valence-electron chi connectivity index (χ1n) is 5.60. The van der Waals surface area contributed by atoms with Gasteiger partial charge in [-0.1, -0.05) is 6.42 Å². The van der Waals surface area contributed by atoms with Gasteiger partial charge >= 0.3 is 0 Å². The topological polar surface area (TPSA) is 53.6 Å². The molecule has 1 aromatic heterocycles. The second kappa shape index (κ2) is 3.35. The normalized spacial score (nSPS) is 20.5. The average Bonchev–Trinajstić information content (AvgIpc) is 2.55. The van der Waals surface area contributed by atoms with Gasteiger partial charge in [0.15, 0.2) is 5.69 Å². The SMILES string of the molecule is N#Cc1nc(C2CCC2)n2c1CNCC2. The Morgan fingerprint density at radius 2 is 2.33 bits per heavy atom. The van der Waals surface area contributed by atoms with Gasteiger partial charge in [-0.25, -0.2) is 4.98 Å². The summed E-state index contributed by atoms with van der Waals surface area (Å²) in [6, 6.07) is 2.21. The summed E-state index contributed by atoms with van der Waals surface area (Å²) in [5.41, 5.74) is 1.72. The molecule has 0 bridgehead atoms. The van der Waals surface area contributed by atoms with Crippen molar-refractivity contribution < 1.29 is 0 Å². The molecule has 0 spiro atoms. The Balaban J connectivity index is 2.06. The fourth-order valence-electron chi connectivity index (χ4n) is 2.40. The second-order valence-electron chi connectivity index (χ2n) is 4.33. The minimum atomic E-state index is 0.615. The molecule has 2 aliphatic rings. The van der Waals surface area contributed by atoms with Crippen molar-refractivity contribution in [1.29, 1.82) is 5.26 Å². The second-order valence-corrected chi connectivity index (χ2v) is 4.33. The molecule has 0 amide bonds. The van der Waals surface area contributed by atoms with Crippen LogP contribution < -0.4 is 5.32 Å². The highest BCUT2D eigenvalue weighted by atomic mass is 15.2. The molecule has 0 unspecified atom stereocenters. The van der Waals surface area contributed by atoms with Gasteiger partial charge in [-0.3, -0.25) is 0 Å². The maximum Gasteiger partial charge on any atom is 0.163 e. The van der Waals surface area contributed by atoms with E-state index in [-0.39, 0.29) is 0 Å². The van der Waals surface area contributed by atoms with Crippen LogP contribution in [0.15, 0.2) is 0 Å². The third-order valence-corrected chi connectivity index (χ3v) is 3.48. The van der Waals surface area contributed by atoms with E-state index >= 15 is 0 Å². The minimum Gasteiger partial charge on any atom is -0.328 e. The molecule has 1 N–H and O–H groups in total. The Morgan fingerprint density at radius 3 is 3.00 bits per heavy atom. The van der Waals surface area contributed by atoms with E-state index in [4.69, 9.17) is 5.26 Å². The molecule has 1 aromatic rings. The number of nitrogens with one attached hydrogen (secondary N) is 1. The molecular formula is C11H14N4. The molecule has 1 fully saturated rings. The van der Waals surface area contributed by atoms with E-state index in [2.05, 4.69) is 20.9 Å². The molecular weight excluding hydrogens is 188 g/mol. The number of hydrogen-bond acceptors (Lipinski definition) is 3. The van der Waals surface area contributed by atoms with Gasteiger partial charge < -0.3 is 9.88 Å². The lowest BCUT2D eigenvalue weighted by Gasteiger charge is -2.27. The third kappa shape index (κ3) is 1.27. The summed E-state index contributed by atoms with van der Waals surface area (Å²) in [4.78, 5) is 4.49. The predicted molar refractivity (Wildman–Crippen MR) is 55.2 cm³/mol. The van der Waals surface area contributed by atoms with Crippen LogP contribution in [0.25, 0.3) is 0 Å². The van der Waals surface area contributed by atoms with E-state index in [1.165, 1.54) is 19.3 Å². The van der Waals surface area contributed by atoms with Gasteiger partial charge in [0.2, 0.25) is 0 Å². The van der Waals surface area contributed by atoms with E-state index in [0.29, 0.717) is 11.6 Å². The Bertz CT molecular complexity index is 423. The maximum absolute atomic E-state index is 9.03. The van der Waals surface area contributed by atoms with E-state index in [9.17, 15) is 0 Å². The first-order valence-corrected chi connectivity index (χ1v) is 5.60. The van der Waals surface area contributed by atoms with Crippen molar-refractivity contribution in [2.24, 2.45) is 0 Å². The summed E-state index contributed by atoms with van der Waals surface area (Å²) >= 11 is 0. The molecule has 0 saturated heterocycles. The van der Waals surface area contributed by atoms with Gasteiger partial charge in [0.05, 0.1) is 5.69 Å². The highest BCUT2D eigenvalue weighted by molar-refractivity contribution is 5.31. The highest BCUT2D eigenvalue weighted by Gasteiger charge is 2.28. The first-order chi connectivity index (χ1) is 7.40. The summed E-state index contributed by atoms with van der Waals surface area (Å²) in [6.07, 6.45) is 3.80. The van der Waals surface area contributed by atoms with E-state index in [1.54, 1.807) is 0 Å². The Kier molecular flexibility index (Phi) is 2.00. The standard InChI is InChI=1S/C11H14N4/c12-6-9-10-7-13-4-5-15(10)11(14-9)8-2-1-3-8/h8,13H,1-5,7H2. The van der Waals surface area contributed by atoms with Crippen molar-refractivity contribution in [3.05, 3.63) is 17.2 Å². The molecule has 2 heterocycles. The number of nitriles is 1. The average molecular weight is 202 g/mol. The quantitative estimate of drug-likeness (QED) is 0.742. The summed E-state index contributed by atoms with van der Waals surface area (Å²) in [5, 5.41) is 12.3. The molecule has 15 heavy (non-hydrogen) atoms. The molecule has 3 rings (SSSR count). The Hall–Kier alpha value is -1.34. The van der Waals surface area contributed by atoms with Crippen LogP contribution in [-0.2, 0) is 13.1 Å². The van der Waals surface area contributed by atoms with Crippen molar-refractivity contribution in [1.82, 2.24) is 14.9 Å². The number of aromatic nitrogens is 2. The Morgan fingerprint density at radius 1 is 1.47 bits per heavy atom. The summed E-state index contributed by atoms with van der Waals surface area (Å²) in [6.45, 7) is 2.76. The number of hydrogen-bond donors (Lipinski definition) is 1. The van der Waals surface area contributed by atoms with Crippen LogP contribution in [0.1, 0.15) is 42.4 Å². The molecule has 0 radical (unpaired) electrons. The predicted octanol–water partition coefficient (Wildman–Crippen LogP) is 1.13. The van der Waals surface area contributed by atoms with Gasteiger partial charge in [0.1, 0.15) is 11.9 Å². The highest BCUT2D eigenvalue weighted by Crippen LogP contribution is 2.36. The molecule has 78 valence electrons. The minimum absolute atomic E-state index is 0.615. The maximum atomic E-state index is 9.03. The van der Waals surface area contributed by atoms with Crippen molar-refractivity contribution >= 4 is 0 Å². The monoisotopic (exact) mass is 202 g/mol. The first kappa shape index (κ1) is 8.93. The van der Waals surface area contributed by atoms with E-state index in [1.807, 2.05) is 0 Å². The smallest absolute Gasteiger partial charge is 0.163 e. The zero-order valence-electron chi connectivity index (χ0n) is 8.66. The van der Waals surface area contributed by atoms with Crippen molar-refractivity contribution in [2.75, 3.05) is 6.54 Å². The Labute approximate surface area is 88.9 Å². The molecule has 1 aliphatic heterocycles. The number of imidazole rings is 1. The van der Waals surface area contributed by atoms with Gasteiger partial charge in [0.25, 0.3) is 0 Å². The molecule has 4 nitrogen and oxygen atoms in total. The van der Waals surface area contributed by atoms with Crippen molar-refractivity contribution in [3.8, 4) is 6.07 Å². The number of fused-ring (bicyclic) bond motifs is 1. The van der Waals surface area contributed by atoms with Crippen LogP contribution in [0.5, 0.6) is 0 Å². The van der Waals surface area contributed by atoms with Crippen LogP contribution in [0, 0.1) is 11.3 Å². The van der Waals surface area contributed by atoms with Crippen LogP contribution in [0.3, 0.4) is 0 Å². The van der Waals surface area contributed by atoms with Gasteiger partial charge in [0, 0.05) is 25.6 Å². The summed E-state index contributed by atoms with van der Waals surface area (Å²) in [7, 11) is 0. The van der Waals surface area contributed by atoms with Crippen LogP contribution >= 0.6 is 0 Å². The number of rotatable bonds is 1. The molecule has 1 saturated carbocycles. The fraction of sp³-hybridized carbons (Fsp3) is 0.636. The zero-order chi connectivity index (χ0) is 10.3. The van der Waals surface area contributed by atoms with E-state index in [0.717, 1.165) is 31.2 Å². The third-order valence-electron chi connectivity index (χ3n) is 3.48. The van der Waals surface area contributed by atoms with Crippen LogP contribution in [-0.4, -0.2) is 16.1 Å². The largest absolute Gasteiger partial charge is 0.328 e. The lowest BCUT2D eigenvalue weighted by molar-refractivity contribution is 0.376. The van der Waals surface area contributed by atoms with E-state index < -0.39 is 0 Å². The zero-order valence-corrected chi connectivity index (χ0v) is 8.66. The molecule has 0 aromatic carbocycles. The number of nitrogens with zero attached hydrogens (tertiary/aromatic N) is 3. The van der Waals surface area contributed by atoms with Crippen molar-refractivity contribution in [2.45, 2.75) is 38.3 Å². The van der Waals surface area contributed by atoms with Crippen molar-refractivity contribution in [3.63, 3.8) is 0 Å². The summed E-state index contributed by atoms with van der Waals surface area (Å²) in [5.74, 6) is 1.78. The molecule has 1 aliphatic carbocycles. The molecule has 4 heteroatoms. The molecule has 0 atom stereocenters. The van der Waals surface area contributed by atoms with Gasteiger partial charge in [-0.15, -0.1) is 0 Å². The van der Waals surface area contributed by atoms with Gasteiger partial charge in [-0.05, 0) is 12.8 Å². The van der Waals surface area contributed by atoms with Crippen LogP contribution in [0.2, 0.25) is 0 Å². The van der Waals surface area contributed by atoms with Crippen LogP contribution in [0.4, 0.5) is 0 Å². The lowest BCUT2D eigenvalue weighted by Crippen LogP contribution is -2.30. The fourth-order valence-corrected chi connectivity index (χ4v) is 2.40. The summed E-state index contributed by atoms with van der Waals surface area (Å²) < 4.78 is 2.26. The lowest BCUT2D eigenvalue weighted by atomic mass is 9.85. The van der Waals surface area contributed by atoms with Gasteiger partial charge in [-0.2, -0.15) is 5.26 Å².